The van der Waals surface area contributed by atoms with Crippen molar-refractivity contribution in [3.05, 3.63) is 0 Å². The molecule has 110 valence electrons. The van der Waals surface area contributed by atoms with E-state index in [1.165, 1.54) is 0 Å². The van der Waals surface area contributed by atoms with E-state index in [2.05, 4.69) is 26.1 Å². The van der Waals surface area contributed by atoms with Gasteiger partial charge in [-0.25, -0.2) is 0 Å². The second-order valence-electron chi connectivity index (χ2n) is 6.55. The highest BCUT2D eigenvalue weighted by molar-refractivity contribution is 5.78. The average Bonchev–Trinajstić information content (AvgIpc) is 2.36. The molecule has 0 radical (unpaired) electrons. The standard InChI is InChI=1S/C15H27NO3/c1-4-15(2,3)10-16-14(19)12-7-5-11(6-8-12)9-13(17)18/h11-12H,4-10H2,1-3H3,(H,16,19)(H,17,18). The molecule has 0 aromatic heterocycles. The van der Waals surface area contributed by atoms with E-state index in [1.54, 1.807) is 0 Å². The molecule has 4 nitrogen and oxygen atoms in total. The summed E-state index contributed by atoms with van der Waals surface area (Å²) in [6.07, 6.45) is 4.67. The molecule has 0 aliphatic heterocycles. The van der Waals surface area contributed by atoms with Crippen LogP contribution in [-0.4, -0.2) is 23.5 Å². The third-order valence-electron chi connectivity index (χ3n) is 4.38. The van der Waals surface area contributed by atoms with Gasteiger partial charge in [0.15, 0.2) is 0 Å². The molecule has 0 atom stereocenters. The minimum Gasteiger partial charge on any atom is -0.481 e. The summed E-state index contributed by atoms with van der Waals surface area (Å²) in [5, 5.41) is 11.8. The topological polar surface area (TPSA) is 66.4 Å². The van der Waals surface area contributed by atoms with Gasteiger partial charge in [-0.1, -0.05) is 20.8 Å². The summed E-state index contributed by atoms with van der Waals surface area (Å²) in [5.41, 5.74) is 0.149. The van der Waals surface area contributed by atoms with E-state index in [0.717, 1.165) is 38.6 Å². The highest BCUT2D eigenvalue weighted by atomic mass is 16.4. The predicted octanol–water partition coefficient (Wildman–Crippen LogP) is 2.82. The van der Waals surface area contributed by atoms with Crippen molar-refractivity contribution in [1.82, 2.24) is 5.32 Å². The van der Waals surface area contributed by atoms with Gasteiger partial charge in [-0.3, -0.25) is 9.59 Å². The fourth-order valence-corrected chi connectivity index (χ4v) is 2.47. The first kappa shape index (κ1) is 16.0. The average molecular weight is 269 g/mol. The lowest BCUT2D eigenvalue weighted by Crippen LogP contribution is -2.38. The second kappa shape index (κ2) is 6.92. The SMILES string of the molecule is CCC(C)(C)CNC(=O)C1CCC(CC(=O)O)CC1. The van der Waals surface area contributed by atoms with Crippen LogP contribution >= 0.6 is 0 Å². The van der Waals surface area contributed by atoms with E-state index in [4.69, 9.17) is 5.11 Å². The summed E-state index contributed by atoms with van der Waals surface area (Å²) in [7, 11) is 0. The molecule has 0 aromatic carbocycles. The molecule has 1 aliphatic rings. The fraction of sp³-hybridized carbons (Fsp3) is 0.867. The third-order valence-corrected chi connectivity index (χ3v) is 4.38. The van der Waals surface area contributed by atoms with E-state index in [0.29, 0.717) is 0 Å². The number of aliphatic carboxylic acids is 1. The molecule has 1 saturated carbocycles. The van der Waals surface area contributed by atoms with Gasteiger partial charge in [0, 0.05) is 18.9 Å². The molecule has 0 aromatic rings. The summed E-state index contributed by atoms with van der Waals surface area (Å²) >= 11 is 0. The van der Waals surface area contributed by atoms with E-state index in [-0.39, 0.29) is 29.6 Å². The van der Waals surface area contributed by atoms with Gasteiger partial charge in [0.05, 0.1) is 0 Å². The Morgan fingerprint density at radius 1 is 1.21 bits per heavy atom. The number of carbonyl (C=O) groups excluding carboxylic acids is 1. The molecule has 4 heteroatoms. The van der Waals surface area contributed by atoms with Crippen molar-refractivity contribution in [3.8, 4) is 0 Å². The summed E-state index contributed by atoms with van der Waals surface area (Å²) in [5.74, 6) is -0.237. The molecule has 0 saturated heterocycles. The Morgan fingerprint density at radius 2 is 1.79 bits per heavy atom. The van der Waals surface area contributed by atoms with Gasteiger partial charge in [-0.05, 0) is 43.4 Å². The Balaban J connectivity index is 2.31. The molecule has 0 bridgehead atoms. The van der Waals surface area contributed by atoms with Crippen molar-refractivity contribution in [2.75, 3.05) is 6.54 Å². The number of carbonyl (C=O) groups is 2. The van der Waals surface area contributed by atoms with Gasteiger partial charge < -0.3 is 10.4 Å². The number of hydrogen-bond acceptors (Lipinski definition) is 2. The molecule has 19 heavy (non-hydrogen) atoms. The van der Waals surface area contributed by atoms with Crippen molar-refractivity contribution < 1.29 is 14.7 Å². The normalized spacial score (nSPS) is 23.9. The molecule has 2 N–H and O–H groups in total. The summed E-state index contributed by atoms with van der Waals surface area (Å²) in [6.45, 7) is 7.15. The van der Waals surface area contributed by atoms with Gasteiger partial charge in [0.25, 0.3) is 0 Å². The van der Waals surface area contributed by atoms with Crippen LogP contribution in [0.2, 0.25) is 0 Å². The van der Waals surface area contributed by atoms with E-state index >= 15 is 0 Å². The molecule has 1 fully saturated rings. The zero-order chi connectivity index (χ0) is 14.5. The van der Waals surface area contributed by atoms with Crippen LogP contribution in [-0.2, 0) is 9.59 Å². The molecular formula is C15H27NO3. The van der Waals surface area contributed by atoms with Crippen molar-refractivity contribution in [2.24, 2.45) is 17.3 Å². The Morgan fingerprint density at radius 3 is 2.26 bits per heavy atom. The maximum atomic E-state index is 12.1. The highest BCUT2D eigenvalue weighted by Gasteiger charge is 2.28. The highest BCUT2D eigenvalue weighted by Crippen LogP contribution is 2.31. The first-order valence-corrected chi connectivity index (χ1v) is 7.33. The lowest BCUT2D eigenvalue weighted by Gasteiger charge is -2.29. The minimum atomic E-state index is -0.724. The Kier molecular flexibility index (Phi) is 5.83. The third kappa shape index (κ3) is 5.62. The van der Waals surface area contributed by atoms with E-state index in [9.17, 15) is 9.59 Å². The Labute approximate surface area is 116 Å². The first-order valence-electron chi connectivity index (χ1n) is 7.33. The van der Waals surface area contributed by atoms with Gasteiger partial charge in [-0.15, -0.1) is 0 Å². The fourth-order valence-electron chi connectivity index (χ4n) is 2.47. The molecule has 1 rings (SSSR count). The zero-order valence-electron chi connectivity index (χ0n) is 12.4. The van der Waals surface area contributed by atoms with E-state index < -0.39 is 5.97 Å². The van der Waals surface area contributed by atoms with Crippen LogP contribution in [0.3, 0.4) is 0 Å². The zero-order valence-corrected chi connectivity index (χ0v) is 12.4. The Hall–Kier alpha value is -1.06. The quantitative estimate of drug-likeness (QED) is 0.779. The number of rotatable bonds is 6. The van der Waals surface area contributed by atoms with Gasteiger partial charge in [0.2, 0.25) is 5.91 Å². The summed E-state index contributed by atoms with van der Waals surface area (Å²) in [6, 6.07) is 0. The summed E-state index contributed by atoms with van der Waals surface area (Å²) < 4.78 is 0. The van der Waals surface area contributed by atoms with Crippen LogP contribution in [0.1, 0.15) is 59.3 Å². The van der Waals surface area contributed by atoms with Crippen LogP contribution in [0.15, 0.2) is 0 Å². The maximum Gasteiger partial charge on any atom is 0.303 e. The number of nitrogens with one attached hydrogen (secondary N) is 1. The number of amides is 1. The van der Waals surface area contributed by atoms with Crippen molar-refractivity contribution in [3.63, 3.8) is 0 Å². The largest absolute Gasteiger partial charge is 0.481 e. The molecule has 0 spiro atoms. The van der Waals surface area contributed by atoms with Crippen molar-refractivity contribution in [2.45, 2.75) is 59.3 Å². The minimum absolute atomic E-state index is 0.0812. The van der Waals surface area contributed by atoms with Crippen LogP contribution in [0.25, 0.3) is 0 Å². The monoisotopic (exact) mass is 269 g/mol. The van der Waals surface area contributed by atoms with Crippen LogP contribution in [0.4, 0.5) is 0 Å². The number of hydrogen-bond donors (Lipinski definition) is 2. The summed E-state index contributed by atoms with van der Waals surface area (Å²) in [4.78, 5) is 22.7. The maximum absolute atomic E-state index is 12.1. The van der Waals surface area contributed by atoms with Gasteiger partial charge in [0.1, 0.15) is 0 Å². The van der Waals surface area contributed by atoms with Crippen molar-refractivity contribution in [1.29, 1.82) is 0 Å². The molecule has 1 aliphatic carbocycles. The molecular weight excluding hydrogens is 242 g/mol. The lowest BCUT2D eigenvalue weighted by molar-refractivity contribution is -0.138. The van der Waals surface area contributed by atoms with Crippen LogP contribution in [0, 0.1) is 17.3 Å². The van der Waals surface area contributed by atoms with Crippen LogP contribution < -0.4 is 5.32 Å². The number of carboxylic acid groups (broad SMARTS) is 1. The van der Waals surface area contributed by atoms with Gasteiger partial charge >= 0.3 is 5.97 Å². The van der Waals surface area contributed by atoms with Crippen molar-refractivity contribution >= 4 is 11.9 Å². The van der Waals surface area contributed by atoms with Gasteiger partial charge in [-0.2, -0.15) is 0 Å². The second-order valence-corrected chi connectivity index (χ2v) is 6.55. The first-order chi connectivity index (χ1) is 8.84. The Bertz CT molecular complexity index is 317. The smallest absolute Gasteiger partial charge is 0.303 e. The molecule has 0 heterocycles. The molecule has 1 amide bonds. The van der Waals surface area contributed by atoms with Crippen LogP contribution in [0.5, 0.6) is 0 Å². The predicted molar refractivity (Wildman–Crippen MR) is 74.8 cm³/mol. The number of carboxylic acids is 1. The van der Waals surface area contributed by atoms with E-state index in [1.807, 2.05) is 0 Å². The molecule has 0 unspecified atom stereocenters. The lowest BCUT2D eigenvalue weighted by atomic mass is 9.80.